The number of aryl methyl sites for hydroxylation is 1. The number of rotatable bonds is 7. The second-order valence-electron chi connectivity index (χ2n) is 6.81. The maximum absolute atomic E-state index is 13.5. The van der Waals surface area contributed by atoms with Crippen LogP contribution >= 0.6 is 0 Å². The molecule has 3 rings (SSSR count). The van der Waals surface area contributed by atoms with E-state index in [9.17, 15) is 12.8 Å². The lowest BCUT2D eigenvalue weighted by molar-refractivity contribution is 0.181. The summed E-state index contributed by atoms with van der Waals surface area (Å²) in [5, 5.41) is 8.78. The summed E-state index contributed by atoms with van der Waals surface area (Å²) < 4.78 is 46.0. The molecule has 0 aromatic heterocycles. The highest BCUT2D eigenvalue weighted by Crippen LogP contribution is 2.23. The van der Waals surface area contributed by atoms with Gasteiger partial charge in [-0.1, -0.05) is 18.2 Å². The van der Waals surface area contributed by atoms with Gasteiger partial charge >= 0.3 is 0 Å². The first-order chi connectivity index (χ1) is 13.4. The Kier molecular flexibility index (Phi) is 6.66. The van der Waals surface area contributed by atoms with Gasteiger partial charge in [-0.2, -0.15) is 4.31 Å². The third-order valence-electron chi connectivity index (χ3n) is 4.79. The Hall–Kier alpha value is -2.00. The highest BCUT2D eigenvalue weighted by molar-refractivity contribution is 7.89. The fourth-order valence-corrected chi connectivity index (χ4v) is 4.89. The van der Waals surface area contributed by atoms with Gasteiger partial charge in [0, 0.05) is 32.7 Å². The van der Waals surface area contributed by atoms with Gasteiger partial charge in [0.15, 0.2) is 0 Å². The molecule has 0 radical (unpaired) electrons. The van der Waals surface area contributed by atoms with Crippen LogP contribution in [-0.4, -0.2) is 62.1 Å². The SMILES string of the molecule is Cc1ccc(F)cc1S(=O)(=O)N1CCN(Cc2ccc(OCCO)cc2)CC1. The number of piperazine rings is 1. The third kappa shape index (κ3) is 4.88. The maximum atomic E-state index is 13.5. The standard InChI is InChI=1S/C20H25FN2O4S/c1-16-2-5-18(21)14-20(16)28(25,26)23-10-8-22(9-11-23)15-17-3-6-19(7-4-17)27-13-12-24/h2-7,14,24H,8-13,15H2,1H3. The molecule has 28 heavy (non-hydrogen) atoms. The summed E-state index contributed by atoms with van der Waals surface area (Å²) in [5.74, 6) is 0.161. The first kappa shape index (κ1) is 20.7. The number of halogens is 1. The van der Waals surface area contributed by atoms with Gasteiger partial charge in [-0.05, 0) is 42.3 Å². The molecular formula is C20H25FN2O4S. The molecule has 1 fully saturated rings. The minimum absolute atomic E-state index is 0.0237. The minimum Gasteiger partial charge on any atom is -0.491 e. The molecule has 0 aliphatic carbocycles. The van der Waals surface area contributed by atoms with Crippen LogP contribution in [-0.2, 0) is 16.6 Å². The summed E-state index contributed by atoms with van der Waals surface area (Å²) in [6.45, 7) is 4.59. The molecule has 0 unspecified atom stereocenters. The van der Waals surface area contributed by atoms with E-state index in [4.69, 9.17) is 9.84 Å². The first-order valence-electron chi connectivity index (χ1n) is 9.21. The summed E-state index contributed by atoms with van der Waals surface area (Å²) >= 11 is 0. The van der Waals surface area contributed by atoms with Crippen molar-refractivity contribution in [1.29, 1.82) is 0 Å². The van der Waals surface area contributed by atoms with E-state index >= 15 is 0 Å². The molecule has 8 heteroatoms. The molecule has 0 amide bonds. The van der Waals surface area contributed by atoms with Crippen LogP contribution in [0.2, 0.25) is 0 Å². The Balaban J connectivity index is 1.59. The topological polar surface area (TPSA) is 70.1 Å². The van der Waals surface area contributed by atoms with Crippen LogP contribution in [0.5, 0.6) is 5.75 Å². The molecule has 0 saturated carbocycles. The van der Waals surface area contributed by atoms with E-state index in [-0.39, 0.29) is 18.1 Å². The monoisotopic (exact) mass is 408 g/mol. The van der Waals surface area contributed by atoms with Crippen LogP contribution in [0.4, 0.5) is 4.39 Å². The van der Waals surface area contributed by atoms with Gasteiger partial charge in [0.1, 0.15) is 18.2 Å². The van der Waals surface area contributed by atoms with Crippen molar-refractivity contribution in [2.24, 2.45) is 0 Å². The molecule has 152 valence electrons. The van der Waals surface area contributed by atoms with Crippen LogP contribution in [0.3, 0.4) is 0 Å². The zero-order chi connectivity index (χ0) is 20.1. The van der Waals surface area contributed by atoms with Crippen LogP contribution < -0.4 is 4.74 Å². The van der Waals surface area contributed by atoms with E-state index in [1.165, 1.54) is 16.4 Å². The molecule has 1 aliphatic heterocycles. The molecule has 0 spiro atoms. The Bertz CT molecular complexity index is 895. The second kappa shape index (κ2) is 9.00. The maximum Gasteiger partial charge on any atom is 0.243 e. The normalized spacial score (nSPS) is 16.2. The predicted molar refractivity (Wildman–Crippen MR) is 104 cm³/mol. The summed E-state index contributed by atoms with van der Waals surface area (Å²) in [7, 11) is -3.70. The van der Waals surface area contributed by atoms with Crippen molar-refractivity contribution >= 4 is 10.0 Å². The molecule has 0 atom stereocenters. The van der Waals surface area contributed by atoms with Crippen molar-refractivity contribution in [2.75, 3.05) is 39.4 Å². The van der Waals surface area contributed by atoms with E-state index in [1.807, 2.05) is 24.3 Å². The lowest BCUT2D eigenvalue weighted by atomic mass is 10.2. The number of aliphatic hydroxyl groups excluding tert-OH is 1. The minimum atomic E-state index is -3.70. The van der Waals surface area contributed by atoms with Crippen LogP contribution in [0.25, 0.3) is 0 Å². The zero-order valence-corrected chi connectivity index (χ0v) is 16.7. The number of nitrogens with zero attached hydrogens (tertiary/aromatic N) is 2. The Labute approximate surface area is 165 Å². The van der Waals surface area contributed by atoms with Crippen LogP contribution in [0, 0.1) is 12.7 Å². The Morgan fingerprint density at radius 2 is 1.75 bits per heavy atom. The van der Waals surface area contributed by atoms with Crippen LogP contribution in [0.15, 0.2) is 47.4 Å². The van der Waals surface area contributed by atoms with Crippen molar-refractivity contribution in [2.45, 2.75) is 18.4 Å². The van der Waals surface area contributed by atoms with Gasteiger partial charge < -0.3 is 9.84 Å². The summed E-state index contributed by atoms with van der Waals surface area (Å²) in [6, 6.07) is 11.5. The van der Waals surface area contributed by atoms with E-state index in [0.29, 0.717) is 44.0 Å². The van der Waals surface area contributed by atoms with E-state index < -0.39 is 15.8 Å². The molecule has 1 aliphatic rings. The first-order valence-corrected chi connectivity index (χ1v) is 10.7. The van der Waals surface area contributed by atoms with Crippen LogP contribution in [0.1, 0.15) is 11.1 Å². The van der Waals surface area contributed by atoms with E-state index in [0.717, 1.165) is 11.6 Å². The van der Waals surface area contributed by atoms with Crippen molar-refractivity contribution < 1.29 is 22.7 Å². The fourth-order valence-electron chi connectivity index (χ4n) is 3.23. The number of hydrogen-bond donors (Lipinski definition) is 1. The molecule has 1 saturated heterocycles. The van der Waals surface area contributed by atoms with Gasteiger partial charge in [-0.3, -0.25) is 4.90 Å². The van der Waals surface area contributed by atoms with Crippen molar-refractivity contribution in [3.05, 3.63) is 59.4 Å². The Morgan fingerprint density at radius 3 is 2.39 bits per heavy atom. The smallest absolute Gasteiger partial charge is 0.243 e. The molecule has 6 nitrogen and oxygen atoms in total. The fraction of sp³-hybridized carbons (Fsp3) is 0.400. The van der Waals surface area contributed by atoms with Crippen molar-refractivity contribution in [3.63, 3.8) is 0 Å². The zero-order valence-electron chi connectivity index (χ0n) is 15.8. The second-order valence-corrected chi connectivity index (χ2v) is 8.71. The number of aliphatic hydroxyl groups is 1. The van der Waals surface area contributed by atoms with Gasteiger partial charge in [0.25, 0.3) is 0 Å². The van der Waals surface area contributed by atoms with Gasteiger partial charge in [0.05, 0.1) is 11.5 Å². The third-order valence-corrected chi connectivity index (χ3v) is 6.83. The largest absolute Gasteiger partial charge is 0.491 e. The highest BCUT2D eigenvalue weighted by atomic mass is 32.2. The number of benzene rings is 2. The van der Waals surface area contributed by atoms with Gasteiger partial charge in [0.2, 0.25) is 10.0 Å². The Morgan fingerprint density at radius 1 is 1.07 bits per heavy atom. The summed E-state index contributed by atoms with van der Waals surface area (Å²) in [5.41, 5.74) is 1.65. The lowest BCUT2D eigenvalue weighted by Gasteiger charge is -2.34. The average molecular weight is 408 g/mol. The van der Waals surface area contributed by atoms with Gasteiger partial charge in [-0.25, -0.2) is 12.8 Å². The van der Waals surface area contributed by atoms with Crippen molar-refractivity contribution in [3.8, 4) is 5.75 Å². The molecular weight excluding hydrogens is 383 g/mol. The molecule has 1 N–H and O–H groups in total. The van der Waals surface area contributed by atoms with E-state index in [2.05, 4.69) is 4.90 Å². The lowest BCUT2D eigenvalue weighted by Crippen LogP contribution is -2.48. The number of sulfonamides is 1. The molecule has 2 aromatic carbocycles. The van der Waals surface area contributed by atoms with E-state index in [1.54, 1.807) is 6.92 Å². The number of hydrogen-bond acceptors (Lipinski definition) is 5. The number of ether oxygens (including phenoxy) is 1. The molecule has 0 bridgehead atoms. The quantitative estimate of drug-likeness (QED) is 0.759. The van der Waals surface area contributed by atoms with Gasteiger partial charge in [-0.15, -0.1) is 0 Å². The summed E-state index contributed by atoms with van der Waals surface area (Å²) in [4.78, 5) is 2.23. The predicted octanol–water partition coefficient (Wildman–Crippen LogP) is 2.01. The molecule has 1 heterocycles. The summed E-state index contributed by atoms with van der Waals surface area (Å²) in [6.07, 6.45) is 0. The van der Waals surface area contributed by atoms with Crippen molar-refractivity contribution in [1.82, 2.24) is 9.21 Å². The average Bonchev–Trinajstić information content (AvgIpc) is 2.69. The highest BCUT2D eigenvalue weighted by Gasteiger charge is 2.29. The molecule has 2 aromatic rings.